The minimum Gasteiger partial charge on any atom is -0.469 e. The maximum absolute atomic E-state index is 12.8. The monoisotopic (exact) mass is 475 g/mol. The van der Waals surface area contributed by atoms with Crippen LogP contribution in [0.15, 0.2) is 59.8 Å². The lowest BCUT2D eigenvalue weighted by Crippen LogP contribution is -2.37. The van der Waals surface area contributed by atoms with Crippen LogP contribution in [0.3, 0.4) is 0 Å². The minimum atomic E-state index is -0.299. The van der Waals surface area contributed by atoms with E-state index in [1.165, 1.54) is 18.2 Å². The van der Waals surface area contributed by atoms with E-state index < -0.39 is 0 Å². The predicted molar refractivity (Wildman–Crippen MR) is 140 cm³/mol. The highest BCUT2D eigenvalue weighted by molar-refractivity contribution is 5.72. The standard InChI is InChI=1S/C29H37N3O3/c1-7-20(3)26(32-12-11-19(2)13-27(32)33)18-31-25(15-28(34)35-6)23-14-24(17-30-16-23)29-21(4)9-8-10-22(29)5/h8-14,16-17,20,25-26,31H,7,15,18H2,1-6H3/t20-,25-,26+/m0/s1. The van der Waals surface area contributed by atoms with Gasteiger partial charge in [-0.25, -0.2) is 0 Å². The summed E-state index contributed by atoms with van der Waals surface area (Å²) in [5.74, 6) is -0.0340. The molecule has 0 spiro atoms. The Morgan fingerprint density at radius 2 is 1.83 bits per heavy atom. The SMILES string of the molecule is CC[C@H](C)[C@@H](CN[C@@H](CC(=O)OC)c1cncc(-c2c(C)cccc2C)c1)n1ccc(C)cc1=O. The molecule has 0 aliphatic heterocycles. The van der Waals surface area contributed by atoms with Crippen LogP contribution in [0.2, 0.25) is 0 Å². The van der Waals surface area contributed by atoms with Crippen molar-refractivity contribution in [3.63, 3.8) is 0 Å². The second kappa shape index (κ2) is 11.9. The van der Waals surface area contributed by atoms with Crippen molar-refractivity contribution in [1.29, 1.82) is 0 Å². The number of rotatable bonds is 10. The number of carbonyl (C=O) groups is 1. The van der Waals surface area contributed by atoms with Crippen molar-refractivity contribution in [3.8, 4) is 11.1 Å². The van der Waals surface area contributed by atoms with Crippen molar-refractivity contribution in [2.75, 3.05) is 13.7 Å². The average molecular weight is 476 g/mol. The van der Waals surface area contributed by atoms with E-state index in [2.05, 4.69) is 62.3 Å². The van der Waals surface area contributed by atoms with Gasteiger partial charge in [-0.2, -0.15) is 0 Å². The molecule has 0 radical (unpaired) electrons. The second-order valence-electron chi connectivity index (χ2n) is 9.42. The predicted octanol–water partition coefficient (Wildman–Crippen LogP) is 5.32. The van der Waals surface area contributed by atoms with Gasteiger partial charge in [0, 0.05) is 42.8 Å². The van der Waals surface area contributed by atoms with Gasteiger partial charge < -0.3 is 14.6 Å². The number of aryl methyl sites for hydroxylation is 3. The van der Waals surface area contributed by atoms with E-state index in [9.17, 15) is 9.59 Å². The minimum absolute atomic E-state index is 0.0136. The van der Waals surface area contributed by atoms with Crippen molar-refractivity contribution in [3.05, 3.63) is 87.6 Å². The summed E-state index contributed by atoms with van der Waals surface area (Å²) in [6.45, 7) is 10.9. The molecule has 0 bridgehead atoms. The van der Waals surface area contributed by atoms with E-state index in [1.807, 2.05) is 25.4 Å². The normalized spacial score (nSPS) is 13.8. The molecule has 35 heavy (non-hydrogen) atoms. The van der Waals surface area contributed by atoms with Gasteiger partial charge in [-0.05, 0) is 66.6 Å². The number of aromatic nitrogens is 2. The first-order chi connectivity index (χ1) is 16.7. The van der Waals surface area contributed by atoms with Gasteiger partial charge in [0.15, 0.2) is 0 Å². The zero-order valence-electron chi connectivity index (χ0n) is 21.7. The van der Waals surface area contributed by atoms with Crippen molar-refractivity contribution in [1.82, 2.24) is 14.9 Å². The van der Waals surface area contributed by atoms with E-state index >= 15 is 0 Å². The Balaban J connectivity index is 1.95. The van der Waals surface area contributed by atoms with Crippen LogP contribution in [0.25, 0.3) is 11.1 Å². The van der Waals surface area contributed by atoms with Gasteiger partial charge in [-0.15, -0.1) is 0 Å². The lowest BCUT2D eigenvalue weighted by atomic mass is 9.94. The quantitative estimate of drug-likeness (QED) is 0.402. The largest absolute Gasteiger partial charge is 0.469 e. The number of ether oxygens (including phenoxy) is 1. The van der Waals surface area contributed by atoms with E-state index in [1.54, 1.807) is 16.8 Å². The Kier molecular flexibility index (Phi) is 8.99. The summed E-state index contributed by atoms with van der Waals surface area (Å²) in [5, 5.41) is 3.56. The lowest BCUT2D eigenvalue weighted by Gasteiger charge is -2.28. The van der Waals surface area contributed by atoms with Crippen LogP contribution in [0.5, 0.6) is 0 Å². The third-order valence-corrected chi connectivity index (χ3v) is 6.87. The van der Waals surface area contributed by atoms with Crippen LogP contribution >= 0.6 is 0 Å². The molecule has 2 heterocycles. The Morgan fingerprint density at radius 3 is 2.46 bits per heavy atom. The molecule has 3 rings (SSSR count). The molecular formula is C29H37N3O3. The van der Waals surface area contributed by atoms with Gasteiger partial charge in [-0.1, -0.05) is 38.5 Å². The first-order valence-electron chi connectivity index (χ1n) is 12.3. The molecule has 0 fully saturated rings. The highest BCUT2D eigenvalue weighted by Crippen LogP contribution is 2.30. The van der Waals surface area contributed by atoms with Crippen LogP contribution in [0.1, 0.15) is 61.0 Å². The summed E-state index contributed by atoms with van der Waals surface area (Å²) < 4.78 is 6.79. The number of nitrogens with zero attached hydrogens (tertiary/aromatic N) is 2. The van der Waals surface area contributed by atoms with Crippen LogP contribution in [-0.2, 0) is 9.53 Å². The summed E-state index contributed by atoms with van der Waals surface area (Å²) in [7, 11) is 1.40. The van der Waals surface area contributed by atoms with Gasteiger partial charge in [-0.3, -0.25) is 14.6 Å². The van der Waals surface area contributed by atoms with Gasteiger partial charge in [0.1, 0.15) is 0 Å². The summed E-state index contributed by atoms with van der Waals surface area (Å²) in [6, 6.07) is 11.6. The molecule has 1 N–H and O–H groups in total. The summed E-state index contributed by atoms with van der Waals surface area (Å²) >= 11 is 0. The van der Waals surface area contributed by atoms with E-state index in [4.69, 9.17) is 4.74 Å². The maximum Gasteiger partial charge on any atom is 0.307 e. The number of methoxy groups -OCH3 is 1. The van der Waals surface area contributed by atoms with E-state index in [0.29, 0.717) is 6.54 Å². The fourth-order valence-electron chi connectivity index (χ4n) is 4.58. The Labute approximate surface area is 208 Å². The zero-order valence-corrected chi connectivity index (χ0v) is 21.7. The summed E-state index contributed by atoms with van der Waals surface area (Å²) in [4.78, 5) is 29.6. The van der Waals surface area contributed by atoms with Crippen LogP contribution in [0, 0.1) is 26.7 Å². The number of esters is 1. The summed E-state index contributed by atoms with van der Waals surface area (Å²) in [6.07, 6.45) is 6.63. The first kappa shape index (κ1) is 26.4. The molecule has 0 amide bonds. The molecule has 0 unspecified atom stereocenters. The third kappa shape index (κ3) is 6.45. The van der Waals surface area contributed by atoms with Gasteiger partial charge in [0.25, 0.3) is 5.56 Å². The van der Waals surface area contributed by atoms with Crippen LogP contribution < -0.4 is 10.9 Å². The van der Waals surface area contributed by atoms with Crippen LogP contribution in [0.4, 0.5) is 0 Å². The molecule has 186 valence electrons. The number of benzene rings is 1. The van der Waals surface area contributed by atoms with Gasteiger partial charge in [0.05, 0.1) is 19.6 Å². The third-order valence-electron chi connectivity index (χ3n) is 6.87. The highest BCUT2D eigenvalue weighted by atomic mass is 16.5. The molecular weight excluding hydrogens is 438 g/mol. The number of hydrogen-bond acceptors (Lipinski definition) is 5. The van der Waals surface area contributed by atoms with Crippen molar-refractivity contribution >= 4 is 5.97 Å². The van der Waals surface area contributed by atoms with Crippen LogP contribution in [-0.4, -0.2) is 29.2 Å². The van der Waals surface area contributed by atoms with Crippen molar-refractivity contribution in [2.45, 2.75) is 59.5 Å². The molecule has 1 aromatic carbocycles. The fraction of sp³-hybridized carbons (Fsp3) is 0.414. The smallest absolute Gasteiger partial charge is 0.307 e. The van der Waals surface area contributed by atoms with Gasteiger partial charge >= 0.3 is 5.97 Å². The van der Waals surface area contributed by atoms with Crippen molar-refractivity contribution < 1.29 is 9.53 Å². The molecule has 3 aromatic rings. The van der Waals surface area contributed by atoms with E-state index in [0.717, 1.165) is 28.7 Å². The number of nitrogens with one attached hydrogen (secondary N) is 1. The molecule has 6 heteroatoms. The number of carbonyl (C=O) groups excluding carboxylic acids is 1. The summed E-state index contributed by atoms with van der Waals surface area (Å²) in [5.41, 5.74) is 6.37. The Bertz CT molecular complexity index is 1200. The zero-order chi connectivity index (χ0) is 25.5. The van der Waals surface area contributed by atoms with E-state index in [-0.39, 0.29) is 36.0 Å². The number of pyridine rings is 2. The fourth-order valence-corrected chi connectivity index (χ4v) is 4.58. The molecule has 0 aliphatic rings. The average Bonchev–Trinajstić information content (AvgIpc) is 2.84. The van der Waals surface area contributed by atoms with Gasteiger partial charge in [0.2, 0.25) is 0 Å². The Hall–Kier alpha value is -3.25. The molecule has 0 saturated carbocycles. The topological polar surface area (TPSA) is 73.2 Å². The molecule has 6 nitrogen and oxygen atoms in total. The second-order valence-corrected chi connectivity index (χ2v) is 9.42. The van der Waals surface area contributed by atoms with Crippen molar-refractivity contribution in [2.24, 2.45) is 5.92 Å². The first-order valence-corrected chi connectivity index (χ1v) is 12.3. The molecule has 0 aliphatic carbocycles. The number of hydrogen-bond donors (Lipinski definition) is 1. The maximum atomic E-state index is 12.8. The molecule has 2 aromatic heterocycles. The Morgan fingerprint density at radius 1 is 1.11 bits per heavy atom. The lowest BCUT2D eigenvalue weighted by molar-refractivity contribution is -0.141. The molecule has 0 saturated heterocycles. The highest BCUT2D eigenvalue weighted by Gasteiger charge is 2.23. The molecule has 3 atom stereocenters.